The molecule has 18 heavy (non-hydrogen) atoms. The van der Waals surface area contributed by atoms with Gasteiger partial charge in [-0.1, -0.05) is 18.6 Å². The molecule has 1 atom stereocenters. The number of aromatic amines is 1. The summed E-state index contributed by atoms with van der Waals surface area (Å²) >= 11 is 0. The van der Waals surface area contributed by atoms with E-state index in [0.29, 0.717) is 6.04 Å². The van der Waals surface area contributed by atoms with Crippen molar-refractivity contribution in [3.05, 3.63) is 28.9 Å². The molecule has 0 saturated heterocycles. The standard InChI is InChI=1S/C15H25N3/c1-4-15-17-12(3)14(18-15)10-16-11(2)13-8-6-5-7-9-13/h8,11,16H,4-7,9-10H2,1-3H3,(H,17,18). The van der Waals surface area contributed by atoms with Gasteiger partial charge in [-0.3, -0.25) is 0 Å². The molecular formula is C15H25N3. The monoisotopic (exact) mass is 247 g/mol. The van der Waals surface area contributed by atoms with Crippen molar-refractivity contribution in [1.29, 1.82) is 0 Å². The first-order chi connectivity index (χ1) is 8.70. The lowest BCUT2D eigenvalue weighted by atomic mass is 9.95. The van der Waals surface area contributed by atoms with Crippen LogP contribution in [-0.2, 0) is 13.0 Å². The molecular weight excluding hydrogens is 222 g/mol. The minimum Gasteiger partial charge on any atom is -0.346 e. The third-order valence-corrected chi connectivity index (χ3v) is 3.83. The molecule has 2 N–H and O–H groups in total. The van der Waals surface area contributed by atoms with Crippen molar-refractivity contribution >= 4 is 0 Å². The lowest BCUT2D eigenvalue weighted by molar-refractivity contribution is 0.554. The van der Waals surface area contributed by atoms with Gasteiger partial charge in [0, 0.05) is 24.7 Å². The molecule has 0 fully saturated rings. The summed E-state index contributed by atoms with van der Waals surface area (Å²) in [5, 5.41) is 3.60. The molecule has 0 spiro atoms. The molecule has 1 heterocycles. The van der Waals surface area contributed by atoms with E-state index < -0.39 is 0 Å². The second-order valence-electron chi connectivity index (χ2n) is 5.24. The molecule has 2 rings (SSSR count). The predicted octanol–water partition coefficient (Wildman–Crippen LogP) is 3.26. The number of nitrogens with one attached hydrogen (secondary N) is 2. The molecule has 100 valence electrons. The third-order valence-electron chi connectivity index (χ3n) is 3.83. The van der Waals surface area contributed by atoms with Crippen LogP contribution in [0.15, 0.2) is 11.6 Å². The van der Waals surface area contributed by atoms with Crippen LogP contribution in [0, 0.1) is 6.92 Å². The van der Waals surface area contributed by atoms with Crippen molar-refractivity contribution in [2.24, 2.45) is 0 Å². The first-order valence-electron chi connectivity index (χ1n) is 7.17. The minimum absolute atomic E-state index is 0.478. The van der Waals surface area contributed by atoms with Crippen LogP contribution in [0.5, 0.6) is 0 Å². The number of allylic oxidation sites excluding steroid dienone is 1. The topological polar surface area (TPSA) is 40.7 Å². The van der Waals surface area contributed by atoms with Gasteiger partial charge in [0.05, 0.1) is 5.69 Å². The number of rotatable bonds is 5. The van der Waals surface area contributed by atoms with Crippen molar-refractivity contribution in [1.82, 2.24) is 15.3 Å². The molecule has 0 aromatic carbocycles. The molecule has 1 aromatic rings. The highest BCUT2D eigenvalue weighted by Crippen LogP contribution is 2.20. The normalized spacial score (nSPS) is 17.6. The molecule has 1 aromatic heterocycles. The van der Waals surface area contributed by atoms with Gasteiger partial charge in [-0.05, 0) is 39.5 Å². The van der Waals surface area contributed by atoms with Gasteiger partial charge in [-0.25, -0.2) is 4.98 Å². The maximum Gasteiger partial charge on any atom is 0.106 e. The van der Waals surface area contributed by atoms with Crippen molar-refractivity contribution in [3.8, 4) is 0 Å². The molecule has 3 heteroatoms. The number of imidazole rings is 1. The number of hydrogen-bond donors (Lipinski definition) is 2. The molecule has 1 unspecified atom stereocenters. The summed E-state index contributed by atoms with van der Waals surface area (Å²) in [6.45, 7) is 7.36. The van der Waals surface area contributed by atoms with Crippen molar-refractivity contribution in [3.63, 3.8) is 0 Å². The van der Waals surface area contributed by atoms with E-state index in [4.69, 9.17) is 0 Å². The predicted molar refractivity (Wildman–Crippen MR) is 75.6 cm³/mol. The fourth-order valence-corrected chi connectivity index (χ4v) is 2.54. The SMILES string of the molecule is CCc1nc(CNC(C)C2=CCCCC2)c(C)[nH]1. The first-order valence-corrected chi connectivity index (χ1v) is 7.17. The van der Waals surface area contributed by atoms with E-state index in [1.54, 1.807) is 5.57 Å². The second-order valence-corrected chi connectivity index (χ2v) is 5.24. The first kappa shape index (κ1) is 13.3. The maximum atomic E-state index is 4.61. The quantitative estimate of drug-likeness (QED) is 0.784. The van der Waals surface area contributed by atoms with Crippen LogP contribution in [0.2, 0.25) is 0 Å². The smallest absolute Gasteiger partial charge is 0.106 e. The molecule has 1 aliphatic rings. The van der Waals surface area contributed by atoms with E-state index in [2.05, 4.69) is 42.1 Å². The van der Waals surface area contributed by atoms with Gasteiger partial charge in [-0.15, -0.1) is 0 Å². The van der Waals surface area contributed by atoms with Gasteiger partial charge >= 0.3 is 0 Å². The van der Waals surface area contributed by atoms with Gasteiger partial charge in [0.1, 0.15) is 5.82 Å². The summed E-state index contributed by atoms with van der Waals surface area (Å²) in [5.74, 6) is 1.09. The van der Waals surface area contributed by atoms with Gasteiger partial charge in [0.2, 0.25) is 0 Å². The Labute approximate surface area is 110 Å². The average molecular weight is 247 g/mol. The van der Waals surface area contributed by atoms with Crippen LogP contribution in [-0.4, -0.2) is 16.0 Å². The van der Waals surface area contributed by atoms with Crippen LogP contribution in [0.25, 0.3) is 0 Å². The Kier molecular flexibility index (Phi) is 4.59. The van der Waals surface area contributed by atoms with Crippen LogP contribution < -0.4 is 5.32 Å². The zero-order chi connectivity index (χ0) is 13.0. The largest absolute Gasteiger partial charge is 0.346 e. The van der Waals surface area contributed by atoms with Crippen LogP contribution in [0.1, 0.15) is 56.7 Å². The molecule has 3 nitrogen and oxygen atoms in total. The number of hydrogen-bond acceptors (Lipinski definition) is 2. The number of nitrogens with zero attached hydrogens (tertiary/aromatic N) is 1. The van der Waals surface area contributed by atoms with Crippen LogP contribution in [0.3, 0.4) is 0 Å². The highest BCUT2D eigenvalue weighted by atomic mass is 15.0. The van der Waals surface area contributed by atoms with E-state index in [0.717, 1.165) is 24.5 Å². The zero-order valence-corrected chi connectivity index (χ0v) is 11.8. The van der Waals surface area contributed by atoms with Crippen LogP contribution in [0.4, 0.5) is 0 Å². The fourth-order valence-electron chi connectivity index (χ4n) is 2.54. The summed E-state index contributed by atoms with van der Waals surface area (Å²) in [7, 11) is 0. The Morgan fingerprint density at radius 2 is 2.28 bits per heavy atom. The van der Waals surface area contributed by atoms with Gasteiger partial charge < -0.3 is 10.3 Å². The van der Waals surface area contributed by atoms with Crippen LogP contribution >= 0.6 is 0 Å². The summed E-state index contributed by atoms with van der Waals surface area (Å²) in [5.41, 5.74) is 3.93. The fraction of sp³-hybridized carbons (Fsp3) is 0.667. The number of aryl methyl sites for hydroxylation is 2. The molecule has 0 bridgehead atoms. The lowest BCUT2D eigenvalue weighted by Gasteiger charge is -2.20. The Morgan fingerprint density at radius 3 is 2.89 bits per heavy atom. The van der Waals surface area contributed by atoms with Crippen molar-refractivity contribution in [2.45, 2.75) is 65.5 Å². The van der Waals surface area contributed by atoms with E-state index in [9.17, 15) is 0 Å². The van der Waals surface area contributed by atoms with Gasteiger partial charge in [0.15, 0.2) is 0 Å². The molecule has 0 radical (unpaired) electrons. The van der Waals surface area contributed by atoms with Gasteiger partial charge in [-0.2, -0.15) is 0 Å². The summed E-state index contributed by atoms with van der Waals surface area (Å²) in [6.07, 6.45) is 8.60. The Bertz CT molecular complexity index is 417. The van der Waals surface area contributed by atoms with E-state index in [1.807, 2.05) is 0 Å². The Balaban J connectivity index is 1.90. The third kappa shape index (κ3) is 3.22. The Morgan fingerprint density at radius 1 is 1.44 bits per heavy atom. The minimum atomic E-state index is 0.478. The summed E-state index contributed by atoms with van der Waals surface area (Å²) in [4.78, 5) is 7.94. The average Bonchev–Trinajstić information content (AvgIpc) is 2.77. The summed E-state index contributed by atoms with van der Waals surface area (Å²) in [6, 6.07) is 0.478. The molecule has 0 saturated carbocycles. The maximum absolute atomic E-state index is 4.61. The van der Waals surface area contributed by atoms with E-state index in [-0.39, 0.29) is 0 Å². The van der Waals surface area contributed by atoms with E-state index in [1.165, 1.54) is 31.4 Å². The second kappa shape index (κ2) is 6.19. The molecule has 1 aliphatic carbocycles. The Hall–Kier alpha value is -1.09. The highest BCUT2D eigenvalue weighted by Gasteiger charge is 2.12. The van der Waals surface area contributed by atoms with Crippen molar-refractivity contribution in [2.75, 3.05) is 0 Å². The number of aromatic nitrogens is 2. The highest BCUT2D eigenvalue weighted by molar-refractivity contribution is 5.15. The lowest BCUT2D eigenvalue weighted by Crippen LogP contribution is -2.28. The summed E-state index contributed by atoms with van der Waals surface area (Å²) < 4.78 is 0. The molecule has 0 amide bonds. The molecule has 0 aliphatic heterocycles. The number of H-pyrrole nitrogens is 1. The van der Waals surface area contributed by atoms with Crippen molar-refractivity contribution < 1.29 is 0 Å². The zero-order valence-electron chi connectivity index (χ0n) is 11.8. The van der Waals surface area contributed by atoms with E-state index >= 15 is 0 Å². The van der Waals surface area contributed by atoms with Gasteiger partial charge in [0.25, 0.3) is 0 Å².